The predicted octanol–water partition coefficient (Wildman–Crippen LogP) is 2.87. The summed E-state index contributed by atoms with van der Waals surface area (Å²) in [6.07, 6.45) is -0.425. The van der Waals surface area contributed by atoms with Gasteiger partial charge in [-0.2, -0.15) is 0 Å². The molecule has 0 aromatic heterocycles. The number of halogens is 1. The quantitative estimate of drug-likeness (QED) is 0.935. The Hall–Kier alpha value is -2.07. The third kappa shape index (κ3) is 2.60. The van der Waals surface area contributed by atoms with E-state index in [1.165, 1.54) is 12.1 Å². The van der Waals surface area contributed by atoms with Crippen LogP contribution in [-0.2, 0) is 6.42 Å². The molecule has 2 aromatic rings. The van der Waals surface area contributed by atoms with E-state index in [2.05, 4.69) is 0 Å². The van der Waals surface area contributed by atoms with Crippen LogP contribution in [0.25, 0.3) is 0 Å². The van der Waals surface area contributed by atoms with Crippen LogP contribution in [0.4, 0.5) is 4.39 Å². The van der Waals surface area contributed by atoms with Crippen LogP contribution in [0.15, 0.2) is 42.5 Å². The monoisotopic (exact) mass is 274 g/mol. The second kappa shape index (κ2) is 5.51. The van der Waals surface area contributed by atoms with Gasteiger partial charge in [-0.3, -0.25) is 0 Å². The lowest BCUT2D eigenvalue weighted by Crippen LogP contribution is -2.17. The summed E-state index contributed by atoms with van der Waals surface area (Å²) in [6, 6.07) is 11.7. The number of rotatable bonds is 3. The number of ether oxygens (including phenoxy) is 2. The Labute approximate surface area is 116 Å². The summed E-state index contributed by atoms with van der Waals surface area (Å²) >= 11 is 0. The van der Waals surface area contributed by atoms with Crippen molar-refractivity contribution in [2.75, 3.05) is 13.2 Å². The van der Waals surface area contributed by atoms with Crippen LogP contribution in [0, 0.1) is 5.82 Å². The molecular formula is C16H15FO3. The third-order valence-electron chi connectivity index (χ3n) is 3.27. The molecule has 1 aliphatic rings. The van der Waals surface area contributed by atoms with E-state index in [9.17, 15) is 9.50 Å². The maximum absolute atomic E-state index is 13.2. The molecule has 4 heteroatoms. The summed E-state index contributed by atoms with van der Waals surface area (Å²) < 4.78 is 24.2. The normalized spacial score (nSPS) is 14.9. The van der Waals surface area contributed by atoms with Crippen molar-refractivity contribution in [2.45, 2.75) is 12.5 Å². The highest BCUT2D eigenvalue weighted by atomic mass is 19.1. The van der Waals surface area contributed by atoms with Gasteiger partial charge in [0.05, 0.1) is 6.10 Å². The van der Waals surface area contributed by atoms with Crippen molar-refractivity contribution in [2.24, 2.45) is 0 Å². The molecule has 1 aliphatic heterocycles. The summed E-state index contributed by atoms with van der Waals surface area (Å²) in [5.41, 5.74) is 1.42. The van der Waals surface area contributed by atoms with Crippen molar-refractivity contribution in [1.82, 2.24) is 0 Å². The standard InChI is InChI=1S/C16H15FO3/c17-12-4-1-3-11(9-12)10-14(18)13-5-2-6-15-16(13)20-8-7-19-15/h1-6,9,14,18H,7-8,10H2. The Morgan fingerprint density at radius 1 is 1.10 bits per heavy atom. The average molecular weight is 274 g/mol. The van der Waals surface area contributed by atoms with E-state index in [0.29, 0.717) is 36.7 Å². The Bertz CT molecular complexity index is 612. The van der Waals surface area contributed by atoms with Gasteiger partial charge >= 0.3 is 0 Å². The van der Waals surface area contributed by atoms with Crippen LogP contribution < -0.4 is 9.47 Å². The molecule has 0 amide bonds. The number of fused-ring (bicyclic) bond motifs is 1. The summed E-state index contributed by atoms with van der Waals surface area (Å²) in [4.78, 5) is 0. The molecule has 0 spiro atoms. The minimum absolute atomic E-state index is 0.302. The highest BCUT2D eigenvalue weighted by Gasteiger charge is 2.20. The summed E-state index contributed by atoms with van der Waals surface area (Å²) in [7, 11) is 0. The first kappa shape index (κ1) is 12.9. The maximum atomic E-state index is 13.2. The van der Waals surface area contributed by atoms with Gasteiger partial charge in [-0.15, -0.1) is 0 Å². The summed E-state index contributed by atoms with van der Waals surface area (Å²) in [5.74, 6) is 0.930. The van der Waals surface area contributed by atoms with Gasteiger partial charge in [0.25, 0.3) is 0 Å². The molecular weight excluding hydrogens is 259 g/mol. The number of aliphatic hydroxyl groups is 1. The van der Waals surface area contributed by atoms with Gasteiger partial charge in [0.1, 0.15) is 19.0 Å². The van der Waals surface area contributed by atoms with E-state index in [-0.39, 0.29) is 5.82 Å². The van der Waals surface area contributed by atoms with Crippen molar-refractivity contribution in [3.8, 4) is 11.5 Å². The van der Waals surface area contributed by atoms with Crippen LogP contribution in [0.5, 0.6) is 11.5 Å². The SMILES string of the molecule is OC(Cc1cccc(F)c1)c1cccc2c1OCCO2. The van der Waals surface area contributed by atoms with Gasteiger partial charge in [-0.25, -0.2) is 4.39 Å². The van der Waals surface area contributed by atoms with Crippen molar-refractivity contribution >= 4 is 0 Å². The molecule has 1 N–H and O–H groups in total. The van der Waals surface area contributed by atoms with E-state index >= 15 is 0 Å². The molecule has 1 atom stereocenters. The second-order valence-corrected chi connectivity index (χ2v) is 4.72. The summed E-state index contributed by atoms with van der Waals surface area (Å²) in [6.45, 7) is 0.979. The molecule has 1 heterocycles. The molecule has 0 saturated carbocycles. The van der Waals surface area contributed by atoms with Gasteiger partial charge in [-0.1, -0.05) is 24.3 Å². The predicted molar refractivity (Wildman–Crippen MR) is 72.5 cm³/mol. The van der Waals surface area contributed by atoms with E-state index < -0.39 is 6.10 Å². The molecule has 3 rings (SSSR count). The molecule has 0 radical (unpaired) electrons. The zero-order valence-corrected chi connectivity index (χ0v) is 10.9. The highest BCUT2D eigenvalue weighted by molar-refractivity contribution is 5.48. The van der Waals surface area contributed by atoms with Crippen molar-refractivity contribution in [1.29, 1.82) is 0 Å². The van der Waals surface area contributed by atoms with Gasteiger partial charge in [0, 0.05) is 12.0 Å². The molecule has 0 bridgehead atoms. The fourth-order valence-electron chi connectivity index (χ4n) is 2.36. The van der Waals surface area contributed by atoms with E-state index in [1.807, 2.05) is 12.1 Å². The first-order valence-electron chi connectivity index (χ1n) is 6.55. The molecule has 0 fully saturated rings. The topological polar surface area (TPSA) is 38.7 Å². The lowest BCUT2D eigenvalue weighted by atomic mass is 10.00. The van der Waals surface area contributed by atoms with Crippen molar-refractivity contribution in [3.63, 3.8) is 0 Å². The molecule has 20 heavy (non-hydrogen) atoms. The molecule has 1 unspecified atom stereocenters. The van der Waals surface area contributed by atoms with Gasteiger partial charge in [0.15, 0.2) is 11.5 Å². The smallest absolute Gasteiger partial charge is 0.167 e. The molecule has 104 valence electrons. The van der Waals surface area contributed by atoms with Gasteiger partial charge in [-0.05, 0) is 23.8 Å². The minimum atomic E-state index is -0.756. The minimum Gasteiger partial charge on any atom is -0.486 e. The molecule has 3 nitrogen and oxygen atoms in total. The van der Waals surface area contributed by atoms with Crippen LogP contribution in [-0.4, -0.2) is 18.3 Å². The highest BCUT2D eigenvalue weighted by Crippen LogP contribution is 2.37. The number of hydrogen-bond donors (Lipinski definition) is 1. The number of aliphatic hydroxyl groups excluding tert-OH is 1. The van der Waals surface area contributed by atoms with Crippen LogP contribution in [0.1, 0.15) is 17.2 Å². The van der Waals surface area contributed by atoms with E-state index in [4.69, 9.17) is 9.47 Å². The lowest BCUT2D eigenvalue weighted by Gasteiger charge is -2.23. The zero-order chi connectivity index (χ0) is 13.9. The second-order valence-electron chi connectivity index (χ2n) is 4.72. The van der Waals surface area contributed by atoms with Crippen molar-refractivity contribution < 1.29 is 19.0 Å². The largest absolute Gasteiger partial charge is 0.486 e. The van der Waals surface area contributed by atoms with Gasteiger partial charge in [0.2, 0.25) is 0 Å². The van der Waals surface area contributed by atoms with Crippen LogP contribution in [0.3, 0.4) is 0 Å². The molecule has 0 aliphatic carbocycles. The number of para-hydroxylation sites is 1. The Kier molecular flexibility index (Phi) is 3.56. The zero-order valence-electron chi connectivity index (χ0n) is 10.9. The van der Waals surface area contributed by atoms with Crippen LogP contribution >= 0.6 is 0 Å². The number of hydrogen-bond acceptors (Lipinski definition) is 3. The van der Waals surface area contributed by atoms with E-state index in [0.717, 1.165) is 5.56 Å². The fourth-order valence-corrected chi connectivity index (χ4v) is 2.36. The van der Waals surface area contributed by atoms with Gasteiger partial charge < -0.3 is 14.6 Å². The Balaban J connectivity index is 1.85. The Morgan fingerprint density at radius 2 is 1.90 bits per heavy atom. The maximum Gasteiger partial charge on any atom is 0.167 e. The fraction of sp³-hybridized carbons (Fsp3) is 0.250. The van der Waals surface area contributed by atoms with Crippen molar-refractivity contribution in [3.05, 3.63) is 59.4 Å². The lowest BCUT2D eigenvalue weighted by molar-refractivity contribution is 0.146. The first-order chi connectivity index (χ1) is 9.74. The molecule has 0 saturated heterocycles. The third-order valence-corrected chi connectivity index (χ3v) is 3.27. The number of benzene rings is 2. The van der Waals surface area contributed by atoms with Crippen LogP contribution in [0.2, 0.25) is 0 Å². The average Bonchev–Trinajstić information content (AvgIpc) is 2.46. The summed E-state index contributed by atoms with van der Waals surface area (Å²) in [5, 5.41) is 10.4. The molecule has 2 aromatic carbocycles. The van der Waals surface area contributed by atoms with E-state index in [1.54, 1.807) is 18.2 Å². The first-order valence-corrected chi connectivity index (χ1v) is 6.55. The Morgan fingerprint density at radius 3 is 2.75 bits per heavy atom.